The summed E-state index contributed by atoms with van der Waals surface area (Å²) in [5.74, 6) is -0.889. The third-order valence-electron chi connectivity index (χ3n) is 4.88. The van der Waals surface area contributed by atoms with Crippen LogP contribution in [0.3, 0.4) is 0 Å². The van der Waals surface area contributed by atoms with Gasteiger partial charge in [-0.3, -0.25) is 4.90 Å². The Kier molecular flexibility index (Phi) is 3.58. The van der Waals surface area contributed by atoms with E-state index in [0.717, 1.165) is 32.0 Å². The monoisotopic (exact) mass is 281 g/mol. The average Bonchev–Trinajstić information content (AvgIpc) is 3.19. The van der Waals surface area contributed by atoms with Gasteiger partial charge >= 0.3 is 12.0 Å². The minimum absolute atomic E-state index is 0.204. The van der Waals surface area contributed by atoms with E-state index in [1.807, 2.05) is 0 Å². The molecule has 20 heavy (non-hydrogen) atoms. The van der Waals surface area contributed by atoms with Crippen LogP contribution in [0.2, 0.25) is 0 Å². The Morgan fingerprint density at radius 3 is 2.15 bits per heavy atom. The molecule has 0 atom stereocenters. The van der Waals surface area contributed by atoms with Crippen molar-refractivity contribution in [2.45, 2.75) is 50.1 Å². The molecule has 0 spiro atoms. The number of carbonyl (C=O) groups excluding carboxylic acids is 1. The Hall–Kier alpha value is -1.30. The summed E-state index contributed by atoms with van der Waals surface area (Å²) in [4.78, 5) is 27.9. The number of urea groups is 1. The van der Waals surface area contributed by atoms with Gasteiger partial charge in [0.05, 0.1) is 0 Å². The summed E-state index contributed by atoms with van der Waals surface area (Å²) in [6.45, 7) is 3.24. The van der Waals surface area contributed by atoms with Gasteiger partial charge in [0.15, 0.2) is 0 Å². The lowest BCUT2D eigenvalue weighted by atomic mass is 9.98. The van der Waals surface area contributed by atoms with Crippen LogP contribution < -0.4 is 5.32 Å². The number of carboxylic acids is 1. The molecular weight excluding hydrogens is 258 g/mol. The molecule has 1 aliphatic heterocycles. The Morgan fingerprint density at radius 1 is 1.05 bits per heavy atom. The second-order valence-electron chi connectivity index (χ2n) is 6.28. The Morgan fingerprint density at radius 2 is 1.65 bits per heavy atom. The zero-order chi connectivity index (χ0) is 14.2. The SMILES string of the molecule is O=C(NC1(C(=O)O)CCCC1)N1CCN(C2CC2)CC1. The molecule has 1 heterocycles. The van der Waals surface area contributed by atoms with Gasteiger partial charge in [-0.15, -0.1) is 0 Å². The van der Waals surface area contributed by atoms with Crippen molar-refractivity contribution in [1.29, 1.82) is 0 Å². The Labute approximate surface area is 119 Å². The van der Waals surface area contributed by atoms with Crippen molar-refractivity contribution in [2.24, 2.45) is 0 Å². The van der Waals surface area contributed by atoms with Gasteiger partial charge in [-0.25, -0.2) is 9.59 Å². The van der Waals surface area contributed by atoms with Crippen LogP contribution in [0.15, 0.2) is 0 Å². The van der Waals surface area contributed by atoms with Gasteiger partial charge < -0.3 is 15.3 Å². The number of carbonyl (C=O) groups is 2. The highest BCUT2D eigenvalue weighted by Gasteiger charge is 2.43. The lowest BCUT2D eigenvalue weighted by Gasteiger charge is -2.36. The lowest BCUT2D eigenvalue weighted by molar-refractivity contribution is -0.144. The predicted octanol–water partition coefficient (Wildman–Crippen LogP) is 0.873. The van der Waals surface area contributed by atoms with E-state index in [1.54, 1.807) is 4.90 Å². The quantitative estimate of drug-likeness (QED) is 0.805. The number of carboxylic acid groups (broad SMARTS) is 1. The smallest absolute Gasteiger partial charge is 0.329 e. The fourth-order valence-corrected chi connectivity index (χ4v) is 3.38. The van der Waals surface area contributed by atoms with Crippen LogP contribution in [0.4, 0.5) is 4.79 Å². The molecule has 0 aromatic rings. The molecule has 0 aromatic heterocycles. The number of piperazine rings is 1. The van der Waals surface area contributed by atoms with Crippen molar-refractivity contribution in [3.8, 4) is 0 Å². The van der Waals surface area contributed by atoms with Gasteiger partial charge in [-0.1, -0.05) is 12.8 Å². The molecule has 6 nitrogen and oxygen atoms in total. The van der Waals surface area contributed by atoms with Crippen molar-refractivity contribution in [2.75, 3.05) is 26.2 Å². The summed E-state index contributed by atoms with van der Waals surface area (Å²) in [6.07, 6.45) is 5.43. The number of aliphatic carboxylic acids is 1. The molecule has 2 amide bonds. The first kappa shape index (κ1) is 13.7. The van der Waals surface area contributed by atoms with E-state index < -0.39 is 11.5 Å². The fraction of sp³-hybridized carbons (Fsp3) is 0.857. The molecule has 3 fully saturated rings. The fourth-order valence-electron chi connectivity index (χ4n) is 3.38. The Bertz CT molecular complexity index is 394. The second kappa shape index (κ2) is 5.24. The molecule has 3 rings (SSSR count). The van der Waals surface area contributed by atoms with E-state index in [1.165, 1.54) is 12.8 Å². The minimum atomic E-state index is -1.02. The lowest BCUT2D eigenvalue weighted by Crippen LogP contribution is -2.59. The average molecular weight is 281 g/mol. The molecule has 2 N–H and O–H groups in total. The molecule has 0 radical (unpaired) electrons. The van der Waals surface area contributed by atoms with Crippen LogP contribution in [-0.4, -0.2) is 64.7 Å². The third-order valence-corrected chi connectivity index (χ3v) is 4.88. The summed E-state index contributed by atoms with van der Waals surface area (Å²) in [5.41, 5.74) is -1.02. The number of hydrogen-bond acceptors (Lipinski definition) is 3. The van der Waals surface area contributed by atoms with E-state index in [-0.39, 0.29) is 6.03 Å². The molecule has 2 aliphatic carbocycles. The molecule has 1 saturated heterocycles. The zero-order valence-corrected chi connectivity index (χ0v) is 11.8. The first-order chi connectivity index (χ1) is 9.61. The molecule has 2 saturated carbocycles. The maximum Gasteiger partial charge on any atom is 0.329 e. The first-order valence-electron chi connectivity index (χ1n) is 7.65. The molecule has 0 unspecified atom stereocenters. The highest BCUT2D eigenvalue weighted by atomic mass is 16.4. The second-order valence-corrected chi connectivity index (χ2v) is 6.28. The van der Waals surface area contributed by atoms with E-state index in [2.05, 4.69) is 10.2 Å². The predicted molar refractivity (Wildman–Crippen MR) is 73.5 cm³/mol. The van der Waals surface area contributed by atoms with Gasteiger partial charge in [0, 0.05) is 32.2 Å². The largest absolute Gasteiger partial charge is 0.480 e. The summed E-state index contributed by atoms with van der Waals surface area (Å²) in [7, 11) is 0. The van der Waals surface area contributed by atoms with Gasteiger partial charge in [0.2, 0.25) is 0 Å². The zero-order valence-electron chi connectivity index (χ0n) is 11.8. The van der Waals surface area contributed by atoms with Crippen LogP contribution in [0.1, 0.15) is 38.5 Å². The topological polar surface area (TPSA) is 72.9 Å². The van der Waals surface area contributed by atoms with Crippen LogP contribution in [0.25, 0.3) is 0 Å². The number of nitrogens with one attached hydrogen (secondary N) is 1. The third kappa shape index (κ3) is 2.61. The van der Waals surface area contributed by atoms with Crippen molar-refractivity contribution >= 4 is 12.0 Å². The molecule has 0 bridgehead atoms. The maximum atomic E-state index is 12.3. The van der Waals surface area contributed by atoms with Gasteiger partial charge in [0.25, 0.3) is 0 Å². The van der Waals surface area contributed by atoms with Gasteiger partial charge in [-0.2, -0.15) is 0 Å². The van der Waals surface area contributed by atoms with Crippen LogP contribution >= 0.6 is 0 Å². The summed E-state index contributed by atoms with van der Waals surface area (Å²) in [5, 5.41) is 12.2. The van der Waals surface area contributed by atoms with Gasteiger partial charge in [0.1, 0.15) is 5.54 Å². The first-order valence-corrected chi connectivity index (χ1v) is 7.65. The number of nitrogens with zero attached hydrogens (tertiary/aromatic N) is 2. The maximum absolute atomic E-state index is 12.3. The molecule has 112 valence electrons. The van der Waals surface area contributed by atoms with Gasteiger partial charge in [-0.05, 0) is 25.7 Å². The summed E-state index contributed by atoms with van der Waals surface area (Å²) in [6, 6.07) is 0.533. The molecule has 0 aromatic carbocycles. The number of hydrogen-bond donors (Lipinski definition) is 2. The van der Waals surface area contributed by atoms with Crippen molar-refractivity contribution in [3.63, 3.8) is 0 Å². The highest BCUT2D eigenvalue weighted by Crippen LogP contribution is 2.30. The minimum Gasteiger partial charge on any atom is -0.480 e. The van der Waals surface area contributed by atoms with E-state index in [4.69, 9.17) is 0 Å². The molecule has 3 aliphatic rings. The number of rotatable bonds is 3. The number of amides is 2. The van der Waals surface area contributed by atoms with Crippen LogP contribution in [0, 0.1) is 0 Å². The normalized spacial score (nSPS) is 26.5. The highest BCUT2D eigenvalue weighted by molar-refractivity contribution is 5.86. The summed E-state index contributed by atoms with van der Waals surface area (Å²) >= 11 is 0. The summed E-state index contributed by atoms with van der Waals surface area (Å²) < 4.78 is 0. The van der Waals surface area contributed by atoms with Crippen LogP contribution in [-0.2, 0) is 4.79 Å². The molecule has 6 heteroatoms. The van der Waals surface area contributed by atoms with E-state index in [9.17, 15) is 14.7 Å². The van der Waals surface area contributed by atoms with Crippen molar-refractivity contribution < 1.29 is 14.7 Å². The van der Waals surface area contributed by atoms with Crippen molar-refractivity contribution in [1.82, 2.24) is 15.1 Å². The molecular formula is C14H23N3O3. The Balaban J connectivity index is 1.55. The van der Waals surface area contributed by atoms with E-state index in [0.29, 0.717) is 25.9 Å². The van der Waals surface area contributed by atoms with Crippen molar-refractivity contribution in [3.05, 3.63) is 0 Å². The standard InChI is InChI=1S/C14H23N3O3/c18-12(19)14(5-1-2-6-14)15-13(20)17-9-7-16(8-10-17)11-3-4-11/h11H,1-10H2,(H,15,20)(H,18,19). The van der Waals surface area contributed by atoms with Crippen LogP contribution in [0.5, 0.6) is 0 Å². The van der Waals surface area contributed by atoms with E-state index >= 15 is 0 Å².